The van der Waals surface area contributed by atoms with E-state index in [1.54, 1.807) is 0 Å². The van der Waals surface area contributed by atoms with Crippen molar-refractivity contribution in [2.24, 2.45) is 5.92 Å². The highest BCUT2D eigenvalue weighted by molar-refractivity contribution is 5.47. The minimum absolute atomic E-state index is 0.810. The molecule has 1 aromatic carbocycles. The van der Waals surface area contributed by atoms with E-state index < -0.39 is 0 Å². The summed E-state index contributed by atoms with van der Waals surface area (Å²) < 4.78 is 5.56. The molecule has 3 nitrogen and oxygen atoms in total. The Kier molecular flexibility index (Phi) is 4.40. The van der Waals surface area contributed by atoms with Gasteiger partial charge in [0.1, 0.15) is 0 Å². The van der Waals surface area contributed by atoms with Crippen LogP contribution in [0.15, 0.2) is 18.2 Å². The van der Waals surface area contributed by atoms with E-state index in [9.17, 15) is 0 Å². The number of ether oxygens (including phenoxy) is 1. The summed E-state index contributed by atoms with van der Waals surface area (Å²) in [7, 11) is 0. The van der Waals surface area contributed by atoms with Crippen molar-refractivity contribution in [1.82, 2.24) is 5.32 Å². The molecule has 1 aromatic rings. The van der Waals surface area contributed by atoms with Crippen LogP contribution in [-0.2, 0) is 11.3 Å². The van der Waals surface area contributed by atoms with Gasteiger partial charge in [0.15, 0.2) is 0 Å². The zero-order valence-corrected chi connectivity index (χ0v) is 10.5. The summed E-state index contributed by atoms with van der Waals surface area (Å²) in [6.07, 6.45) is 2.72. The Balaban J connectivity index is 1.58. The zero-order chi connectivity index (χ0) is 12.1. The van der Waals surface area contributed by atoms with Crippen molar-refractivity contribution in [3.05, 3.63) is 29.3 Å². The molecule has 1 aliphatic rings. The first-order valence-electron chi connectivity index (χ1n) is 6.39. The molecule has 0 atom stereocenters. The summed E-state index contributed by atoms with van der Waals surface area (Å²) in [5, 5.41) is 3.38. The second-order valence-electron chi connectivity index (χ2n) is 4.89. The van der Waals surface area contributed by atoms with E-state index in [1.165, 1.54) is 18.4 Å². The fourth-order valence-corrected chi connectivity index (χ4v) is 1.76. The van der Waals surface area contributed by atoms with E-state index in [0.717, 1.165) is 43.5 Å². The van der Waals surface area contributed by atoms with E-state index in [1.807, 2.05) is 13.0 Å². The number of hydrogen-bond donors (Lipinski definition) is 2. The molecule has 0 radical (unpaired) electrons. The Morgan fingerprint density at radius 3 is 2.94 bits per heavy atom. The summed E-state index contributed by atoms with van der Waals surface area (Å²) in [6.45, 7) is 5.59. The number of nitrogens with one attached hydrogen (secondary N) is 1. The van der Waals surface area contributed by atoms with E-state index in [2.05, 4.69) is 17.4 Å². The molecule has 0 saturated heterocycles. The van der Waals surface area contributed by atoms with Gasteiger partial charge in [0.25, 0.3) is 0 Å². The monoisotopic (exact) mass is 234 g/mol. The largest absolute Gasteiger partial charge is 0.399 e. The molecule has 94 valence electrons. The van der Waals surface area contributed by atoms with Crippen LogP contribution in [0, 0.1) is 12.8 Å². The highest BCUT2D eigenvalue weighted by atomic mass is 16.5. The average Bonchev–Trinajstić information content (AvgIpc) is 3.12. The first-order chi connectivity index (χ1) is 8.25. The fraction of sp³-hybridized carbons (Fsp3) is 0.571. The third kappa shape index (κ3) is 4.36. The fourth-order valence-electron chi connectivity index (χ4n) is 1.76. The molecule has 1 aliphatic carbocycles. The van der Waals surface area contributed by atoms with Crippen LogP contribution in [0.5, 0.6) is 0 Å². The predicted octanol–water partition coefficient (Wildman–Crippen LogP) is 2.09. The number of nitrogen functional groups attached to an aromatic ring is 1. The number of rotatable bonds is 7. The molecular weight excluding hydrogens is 212 g/mol. The van der Waals surface area contributed by atoms with E-state index >= 15 is 0 Å². The van der Waals surface area contributed by atoms with Gasteiger partial charge in [-0.25, -0.2) is 0 Å². The van der Waals surface area contributed by atoms with Crippen LogP contribution >= 0.6 is 0 Å². The summed E-state index contributed by atoms with van der Waals surface area (Å²) in [4.78, 5) is 0. The van der Waals surface area contributed by atoms with Gasteiger partial charge in [-0.1, -0.05) is 12.1 Å². The normalized spacial score (nSPS) is 15.1. The molecule has 0 aliphatic heterocycles. The third-order valence-corrected chi connectivity index (χ3v) is 3.14. The standard InChI is InChI=1S/C14H22N2O/c1-11-8-13(4-5-14(11)15)9-16-6-7-17-10-12-2-3-12/h4-5,8,12,16H,2-3,6-7,9-10,15H2,1H3. The van der Waals surface area contributed by atoms with E-state index in [4.69, 9.17) is 10.5 Å². The molecule has 0 aromatic heterocycles. The maximum absolute atomic E-state index is 5.78. The van der Waals surface area contributed by atoms with Gasteiger partial charge in [-0.3, -0.25) is 0 Å². The second-order valence-corrected chi connectivity index (χ2v) is 4.89. The van der Waals surface area contributed by atoms with Crippen molar-refractivity contribution in [2.45, 2.75) is 26.3 Å². The minimum atomic E-state index is 0.810. The van der Waals surface area contributed by atoms with Crippen LogP contribution in [0.1, 0.15) is 24.0 Å². The lowest BCUT2D eigenvalue weighted by atomic mass is 10.1. The smallest absolute Gasteiger partial charge is 0.0591 e. The second kappa shape index (κ2) is 6.03. The van der Waals surface area contributed by atoms with Gasteiger partial charge in [-0.15, -0.1) is 0 Å². The lowest BCUT2D eigenvalue weighted by molar-refractivity contribution is 0.126. The molecule has 1 fully saturated rings. The first kappa shape index (κ1) is 12.4. The molecule has 0 heterocycles. The number of nitrogens with two attached hydrogens (primary N) is 1. The molecule has 3 heteroatoms. The van der Waals surface area contributed by atoms with E-state index in [0.29, 0.717) is 0 Å². The molecule has 2 rings (SSSR count). The maximum Gasteiger partial charge on any atom is 0.0591 e. The highest BCUT2D eigenvalue weighted by Gasteiger charge is 2.20. The number of hydrogen-bond acceptors (Lipinski definition) is 3. The maximum atomic E-state index is 5.78. The molecule has 0 unspecified atom stereocenters. The Hall–Kier alpha value is -1.06. The Morgan fingerprint density at radius 2 is 2.24 bits per heavy atom. The van der Waals surface area contributed by atoms with Crippen molar-refractivity contribution in [1.29, 1.82) is 0 Å². The molecule has 17 heavy (non-hydrogen) atoms. The number of anilines is 1. The lowest BCUT2D eigenvalue weighted by Crippen LogP contribution is -2.19. The summed E-state index contributed by atoms with van der Waals surface area (Å²) in [5.74, 6) is 0.856. The molecule has 0 spiro atoms. The van der Waals surface area contributed by atoms with Crippen LogP contribution in [0.4, 0.5) is 5.69 Å². The highest BCUT2D eigenvalue weighted by Crippen LogP contribution is 2.28. The predicted molar refractivity (Wildman–Crippen MR) is 70.8 cm³/mol. The van der Waals surface area contributed by atoms with Gasteiger partial charge in [0.2, 0.25) is 0 Å². The quantitative estimate of drug-likeness (QED) is 0.561. The first-order valence-corrected chi connectivity index (χ1v) is 6.39. The van der Waals surface area contributed by atoms with Crippen molar-refractivity contribution in [3.63, 3.8) is 0 Å². The summed E-state index contributed by atoms with van der Waals surface area (Å²) >= 11 is 0. The molecule has 0 bridgehead atoms. The molecule has 0 amide bonds. The summed E-state index contributed by atoms with van der Waals surface area (Å²) in [5.41, 5.74) is 9.06. The molecular formula is C14H22N2O. The third-order valence-electron chi connectivity index (χ3n) is 3.14. The van der Waals surface area contributed by atoms with Crippen molar-refractivity contribution in [3.8, 4) is 0 Å². The lowest BCUT2D eigenvalue weighted by Gasteiger charge is -2.07. The van der Waals surface area contributed by atoms with E-state index in [-0.39, 0.29) is 0 Å². The van der Waals surface area contributed by atoms with Gasteiger partial charge < -0.3 is 15.8 Å². The molecule has 3 N–H and O–H groups in total. The van der Waals surface area contributed by atoms with Crippen LogP contribution in [0.25, 0.3) is 0 Å². The van der Waals surface area contributed by atoms with Gasteiger partial charge in [-0.05, 0) is 42.9 Å². The van der Waals surface area contributed by atoms with Crippen LogP contribution in [0.3, 0.4) is 0 Å². The number of aryl methyl sites for hydroxylation is 1. The molecule has 1 saturated carbocycles. The van der Waals surface area contributed by atoms with Crippen LogP contribution in [-0.4, -0.2) is 19.8 Å². The van der Waals surface area contributed by atoms with Gasteiger partial charge in [0, 0.05) is 25.4 Å². The van der Waals surface area contributed by atoms with Crippen molar-refractivity contribution < 1.29 is 4.74 Å². The zero-order valence-electron chi connectivity index (χ0n) is 10.5. The van der Waals surface area contributed by atoms with Crippen molar-refractivity contribution in [2.75, 3.05) is 25.5 Å². The topological polar surface area (TPSA) is 47.3 Å². The Morgan fingerprint density at radius 1 is 1.41 bits per heavy atom. The Labute approximate surface area is 103 Å². The average molecular weight is 234 g/mol. The summed E-state index contributed by atoms with van der Waals surface area (Å²) in [6, 6.07) is 6.17. The van der Waals surface area contributed by atoms with Gasteiger partial charge in [0.05, 0.1) is 6.61 Å². The van der Waals surface area contributed by atoms with Crippen LogP contribution in [0.2, 0.25) is 0 Å². The van der Waals surface area contributed by atoms with Crippen LogP contribution < -0.4 is 11.1 Å². The van der Waals surface area contributed by atoms with Crippen molar-refractivity contribution >= 4 is 5.69 Å². The minimum Gasteiger partial charge on any atom is -0.399 e. The van der Waals surface area contributed by atoms with Gasteiger partial charge in [-0.2, -0.15) is 0 Å². The number of benzene rings is 1. The Bertz CT molecular complexity index is 361. The SMILES string of the molecule is Cc1cc(CNCCOCC2CC2)ccc1N. The van der Waals surface area contributed by atoms with Gasteiger partial charge >= 0.3 is 0 Å².